The van der Waals surface area contributed by atoms with Crippen molar-refractivity contribution >= 4 is 23.3 Å². The SMILES string of the molecule is NC(CCCNC(=O)c1ccc(O)c(Cl)c1)=NO. The van der Waals surface area contributed by atoms with Crippen LogP contribution >= 0.6 is 11.6 Å². The zero-order valence-corrected chi connectivity index (χ0v) is 10.3. The molecule has 0 aliphatic carbocycles. The van der Waals surface area contributed by atoms with Gasteiger partial charge in [0.2, 0.25) is 0 Å². The second kappa shape index (κ2) is 6.70. The highest BCUT2D eigenvalue weighted by Crippen LogP contribution is 2.23. The molecule has 1 amide bonds. The third-order valence-electron chi connectivity index (χ3n) is 2.23. The third-order valence-corrected chi connectivity index (χ3v) is 2.54. The molecule has 0 radical (unpaired) electrons. The first-order chi connectivity index (χ1) is 8.54. The molecule has 0 bridgehead atoms. The van der Waals surface area contributed by atoms with Crippen LogP contribution in [0.5, 0.6) is 5.75 Å². The highest BCUT2D eigenvalue weighted by molar-refractivity contribution is 6.32. The quantitative estimate of drug-likeness (QED) is 0.213. The smallest absolute Gasteiger partial charge is 0.251 e. The summed E-state index contributed by atoms with van der Waals surface area (Å²) in [5.41, 5.74) is 5.64. The van der Waals surface area contributed by atoms with Gasteiger partial charge in [-0.15, -0.1) is 0 Å². The number of phenolic OH excluding ortho intramolecular Hbond substituents is 1. The number of nitrogens with two attached hydrogens (primary N) is 1. The minimum atomic E-state index is -0.295. The Labute approximate surface area is 109 Å². The summed E-state index contributed by atoms with van der Waals surface area (Å²) < 4.78 is 0. The van der Waals surface area contributed by atoms with Gasteiger partial charge in [-0.05, 0) is 24.6 Å². The normalized spacial score (nSPS) is 11.3. The minimum Gasteiger partial charge on any atom is -0.506 e. The van der Waals surface area contributed by atoms with Crippen molar-refractivity contribution in [3.8, 4) is 5.75 Å². The van der Waals surface area contributed by atoms with Crippen LogP contribution in [0.1, 0.15) is 23.2 Å². The molecule has 0 fully saturated rings. The molecule has 0 spiro atoms. The second-order valence-electron chi connectivity index (χ2n) is 3.62. The summed E-state index contributed by atoms with van der Waals surface area (Å²) in [5.74, 6) is -0.242. The number of nitrogens with zero attached hydrogens (tertiary/aromatic N) is 1. The van der Waals surface area contributed by atoms with E-state index in [4.69, 9.17) is 22.5 Å². The van der Waals surface area contributed by atoms with Gasteiger partial charge >= 0.3 is 0 Å². The predicted octanol–water partition coefficient (Wildman–Crippen LogP) is 1.30. The first kappa shape index (κ1) is 14.1. The number of carbonyl (C=O) groups excluding carboxylic acids is 1. The van der Waals surface area contributed by atoms with Crippen molar-refractivity contribution in [1.29, 1.82) is 0 Å². The molecule has 6 nitrogen and oxygen atoms in total. The number of halogens is 1. The van der Waals surface area contributed by atoms with E-state index >= 15 is 0 Å². The van der Waals surface area contributed by atoms with Gasteiger partial charge in [-0.25, -0.2) is 0 Å². The van der Waals surface area contributed by atoms with Gasteiger partial charge in [0, 0.05) is 18.5 Å². The number of amides is 1. The Kier molecular flexibility index (Phi) is 5.26. The first-order valence-corrected chi connectivity index (χ1v) is 5.65. The van der Waals surface area contributed by atoms with E-state index < -0.39 is 0 Å². The Morgan fingerprint density at radius 1 is 1.50 bits per heavy atom. The van der Waals surface area contributed by atoms with Crippen molar-refractivity contribution in [1.82, 2.24) is 5.32 Å². The molecule has 18 heavy (non-hydrogen) atoms. The molecule has 0 saturated heterocycles. The van der Waals surface area contributed by atoms with Crippen LogP contribution in [-0.4, -0.2) is 28.6 Å². The molecular weight excluding hydrogens is 258 g/mol. The second-order valence-corrected chi connectivity index (χ2v) is 4.02. The molecular formula is C11H14ClN3O3. The topological polar surface area (TPSA) is 108 Å². The van der Waals surface area contributed by atoms with E-state index in [0.717, 1.165) is 0 Å². The lowest BCUT2D eigenvalue weighted by molar-refractivity contribution is 0.0953. The predicted molar refractivity (Wildman–Crippen MR) is 68.1 cm³/mol. The summed E-state index contributed by atoms with van der Waals surface area (Å²) in [6.07, 6.45) is 0.959. The Morgan fingerprint density at radius 2 is 2.22 bits per heavy atom. The van der Waals surface area contributed by atoms with Crippen LogP contribution in [0.15, 0.2) is 23.4 Å². The number of nitrogens with one attached hydrogen (secondary N) is 1. The van der Waals surface area contributed by atoms with Crippen molar-refractivity contribution in [2.45, 2.75) is 12.8 Å². The van der Waals surface area contributed by atoms with Gasteiger partial charge < -0.3 is 21.4 Å². The van der Waals surface area contributed by atoms with Crippen LogP contribution in [0.25, 0.3) is 0 Å². The van der Waals surface area contributed by atoms with Crippen LogP contribution in [0.4, 0.5) is 0 Å². The van der Waals surface area contributed by atoms with Gasteiger partial charge in [-0.1, -0.05) is 16.8 Å². The Bertz CT molecular complexity index is 463. The van der Waals surface area contributed by atoms with E-state index in [-0.39, 0.29) is 22.5 Å². The standard InChI is InChI=1S/C11H14ClN3O3/c12-8-6-7(3-4-9(8)16)11(17)14-5-1-2-10(13)15-18/h3-4,6,16,18H,1-2,5H2,(H2,13,15)(H,14,17). The average molecular weight is 272 g/mol. The molecule has 0 heterocycles. The number of benzene rings is 1. The maximum absolute atomic E-state index is 11.7. The lowest BCUT2D eigenvalue weighted by Gasteiger charge is -2.05. The largest absolute Gasteiger partial charge is 0.506 e. The summed E-state index contributed by atoms with van der Waals surface area (Å²) in [6, 6.07) is 4.21. The van der Waals surface area contributed by atoms with Crippen molar-refractivity contribution < 1.29 is 15.1 Å². The van der Waals surface area contributed by atoms with Crippen molar-refractivity contribution in [2.24, 2.45) is 10.9 Å². The number of hydrogen-bond donors (Lipinski definition) is 4. The molecule has 98 valence electrons. The third kappa shape index (κ3) is 4.14. The van der Waals surface area contributed by atoms with Crippen LogP contribution in [0.3, 0.4) is 0 Å². The summed E-state index contributed by atoms with van der Waals surface area (Å²) >= 11 is 5.69. The fraction of sp³-hybridized carbons (Fsp3) is 0.273. The summed E-state index contributed by atoms with van der Waals surface area (Å²) in [7, 11) is 0. The van der Waals surface area contributed by atoms with Gasteiger partial charge in [0.1, 0.15) is 11.6 Å². The van der Waals surface area contributed by atoms with Crippen LogP contribution < -0.4 is 11.1 Å². The molecule has 0 aromatic heterocycles. The number of phenols is 1. The lowest BCUT2D eigenvalue weighted by atomic mass is 10.2. The van der Waals surface area contributed by atoms with Gasteiger partial charge in [0.05, 0.1) is 5.02 Å². The molecule has 7 heteroatoms. The molecule has 0 aliphatic heterocycles. The van der Waals surface area contributed by atoms with Gasteiger partial charge in [-0.2, -0.15) is 0 Å². The molecule has 0 atom stereocenters. The molecule has 0 aliphatic rings. The fourth-order valence-electron chi connectivity index (χ4n) is 1.27. The fourth-order valence-corrected chi connectivity index (χ4v) is 1.45. The zero-order valence-electron chi connectivity index (χ0n) is 9.56. The van der Waals surface area contributed by atoms with E-state index in [1.807, 2.05) is 0 Å². The molecule has 5 N–H and O–H groups in total. The van der Waals surface area contributed by atoms with Crippen LogP contribution in [0, 0.1) is 0 Å². The maximum Gasteiger partial charge on any atom is 0.251 e. The lowest BCUT2D eigenvalue weighted by Crippen LogP contribution is -2.25. The van der Waals surface area contributed by atoms with Gasteiger partial charge in [-0.3, -0.25) is 4.79 Å². The highest BCUT2D eigenvalue weighted by atomic mass is 35.5. The number of rotatable bonds is 5. The number of hydrogen-bond acceptors (Lipinski definition) is 4. The van der Waals surface area contributed by atoms with Crippen molar-refractivity contribution in [3.63, 3.8) is 0 Å². The van der Waals surface area contributed by atoms with E-state index in [9.17, 15) is 9.90 Å². The molecule has 1 aromatic rings. The summed E-state index contributed by atoms with van der Waals surface area (Å²) in [5, 5.41) is 23.1. The van der Waals surface area contributed by atoms with Crippen molar-refractivity contribution in [3.05, 3.63) is 28.8 Å². The summed E-state index contributed by atoms with van der Waals surface area (Å²) in [4.78, 5) is 11.7. The van der Waals surface area contributed by atoms with Gasteiger partial charge in [0.15, 0.2) is 0 Å². The minimum absolute atomic E-state index is 0.0693. The van der Waals surface area contributed by atoms with E-state index in [1.165, 1.54) is 18.2 Å². The Hall–Kier alpha value is -1.95. The van der Waals surface area contributed by atoms with Gasteiger partial charge in [0.25, 0.3) is 5.91 Å². The highest BCUT2D eigenvalue weighted by Gasteiger charge is 2.07. The first-order valence-electron chi connectivity index (χ1n) is 5.27. The number of aromatic hydroxyl groups is 1. The van der Waals surface area contributed by atoms with E-state index in [1.54, 1.807) is 0 Å². The Morgan fingerprint density at radius 3 is 2.83 bits per heavy atom. The molecule has 0 saturated carbocycles. The average Bonchev–Trinajstić information content (AvgIpc) is 2.37. The number of oxime groups is 1. The van der Waals surface area contributed by atoms with Crippen LogP contribution in [-0.2, 0) is 0 Å². The number of amidine groups is 1. The molecule has 0 unspecified atom stereocenters. The number of carbonyl (C=O) groups is 1. The van der Waals surface area contributed by atoms with Crippen molar-refractivity contribution in [2.75, 3.05) is 6.54 Å². The monoisotopic (exact) mass is 271 g/mol. The maximum atomic E-state index is 11.7. The van der Waals surface area contributed by atoms with Crippen LogP contribution in [0.2, 0.25) is 5.02 Å². The molecule has 1 aromatic carbocycles. The molecule has 1 rings (SSSR count). The Balaban J connectivity index is 2.43. The zero-order chi connectivity index (χ0) is 13.5. The summed E-state index contributed by atoms with van der Waals surface area (Å²) in [6.45, 7) is 0.396. The van der Waals surface area contributed by atoms with E-state index in [0.29, 0.717) is 24.9 Å². The van der Waals surface area contributed by atoms with E-state index in [2.05, 4.69) is 10.5 Å².